The van der Waals surface area contributed by atoms with E-state index in [-0.39, 0.29) is 30.9 Å². The fourth-order valence-electron chi connectivity index (χ4n) is 3.13. The van der Waals surface area contributed by atoms with Crippen molar-refractivity contribution in [3.63, 3.8) is 0 Å². The van der Waals surface area contributed by atoms with Crippen LogP contribution in [-0.2, 0) is 10.9 Å². The van der Waals surface area contributed by atoms with Gasteiger partial charge >= 0.3 is 6.18 Å². The van der Waals surface area contributed by atoms with Gasteiger partial charge in [0.05, 0.1) is 13.2 Å². The van der Waals surface area contributed by atoms with Gasteiger partial charge in [-0.2, -0.15) is 13.2 Å². The van der Waals surface area contributed by atoms with E-state index >= 15 is 0 Å². The van der Waals surface area contributed by atoms with Crippen LogP contribution >= 0.6 is 0 Å². The Morgan fingerprint density at radius 3 is 2.50 bits per heavy atom. The van der Waals surface area contributed by atoms with Crippen LogP contribution in [0, 0.1) is 5.92 Å². The van der Waals surface area contributed by atoms with Crippen molar-refractivity contribution in [1.82, 2.24) is 4.98 Å². The number of halogens is 5. The average Bonchev–Trinajstić information content (AvgIpc) is 2.65. The quantitative estimate of drug-likeness (QED) is 0.710. The van der Waals surface area contributed by atoms with Crippen molar-refractivity contribution in [2.45, 2.75) is 18.5 Å². The molecule has 30 heavy (non-hydrogen) atoms. The first kappa shape index (κ1) is 21.8. The zero-order chi connectivity index (χ0) is 22.1. The molecule has 1 unspecified atom stereocenters. The number of carbonyl (C=O) groups excluding carboxylic acids is 1. The van der Waals surface area contributed by atoms with Gasteiger partial charge in [-0.25, -0.2) is 8.78 Å². The third kappa shape index (κ3) is 4.96. The fraction of sp³-hybridized carbons (Fsp3) is 0.368. The molecule has 1 aliphatic heterocycles. The molecule has 0 spiro atoms. The minimum Gasteiger partial charge on any atom is -0.493 e. The van der Waals surface area contributed by atoms with Crippen molar-refractivity contribution in [1.29, 1.82) is 0 Å². The number of carbonyl (C=O) groups is 1. The normalized spacial score (nSPS) is 18.8. The SMILES string of the molecule is NC(=O)c1cc(-c2ccc(OCC3COCC(F)(F)C3)cc2)c(C(F)(F)F)[nH]c1=O. The van der Waals surface area contributed by atoms with E-state index < -0.39 is 52.9 Å². The Labute approximate surface area is 166 Å². The second-order valence-electron chi connectivity index (χ2n) is 6.94. The maximum atomic E-state index is 13.3. The van der Waals surface area contributed by atoms with Crippen LogP contribution in [0.3, 0.4) is 0 Å². The zero-order valence-corrected chi connectivity index (χ0v) is 15.4. The molecule has 1 fully saturated rings. The van der Waals surface area contributed by atoms with Gasteiger partial charge in [0.15, 0.2) is 0 Å². The maximum Gasteiger partial charge on any atom is 0.431 e. The van der Waals surface area contributed by atoms with Gasteiger partial charge in [-0.1, -0.05) is 12.1 Å². The topological polar surface area (TPSA) is 94.4 Å². The van der Waals surface area contributed by atoms with E-state index in [1.54, 1.807) is 4.98 Å². The third-order valence-electron chi connectivity index (χ3n) is 4.50. The average molecular weight is 432 g/mol. The van der Waals surface area contributed by atoms with Crippen molar-refractivity contribution >= 4 is 5.91 Å². The number of aromatic nitrogens is 1. The molecular weight excluding hydrogens is 415 g/mol. The summed E-state index contributed by atoms with van der Waals surface area (Å²) < 4.78 is 77.0. The number of nitrogens with two attached hydrogens (primary N) is 1. The summed E-state index contributed by atoms with van der Waals surface area (Å²) >= 11 is 0. The number of aromatic amines is 1. The summed E-state index contributed by atoms with van der Waals surface area (Å²) in [6.07, 6.45) is -5.26. The standard InChI is InChI=1S/C19H17F5N2O4/c20-18(21)6-10(7-29-9-18)8-30-12-3-1-11(2-4-12)13-5-14(16(25)27)17(28)26-15(13)19(22,23)24/h1-5,10H,6-9H2,(H2,25,27)(H,26,28). The van der Waals surface area contributed by atoms with Crippen LogP contribution < -0.4 is 16.0 Å². The smallest absolute Gasteiger partial charge is 0.431 e. The first-order valence-electron chi connectivity index (χ1n) is 8.79. The minimum atomic E-state index is -4.88. The minimum absolute atomic E-state index is 0.0426. The number of primary amides is 1. The number of ether oxygens (including phenoxy) is 2. The van der Waals surface area contributed by atoms with Crippen molar-refractivity contribution in [2.75, 3.05) is 19.8 Å². The molecule has 11 heteroatoms. The third-order valence-corrected chi connectivity index (χ3v) is 4.50. The van der Waals surface area contributed by atoms with E-state index in [0.717, 1.165) is 6.07 Å². The molecule has 0 bridgehead atoms. The van der Waals surface area contributed by atoms with Crippen molar-refractivity contribution in [3.05, 3.63) is 51.9 Å². The molecule has 1 atom stereocenters. The number of pyridine rings is 1. The Bertz CT molecular complexity index is 986. The molecule has 162 valence electrons. The molecular formula is C19H17F5N2O4. The predicted molar refractivity (Wildman–Crippen MR) is 95.4 cm³/mol. The molecule has 1 aromatic carbocycles. The number of hydrogen-bond donors (Lipinski definition) is 2. The number of hydrogen-bond acceptors (Lipinski definition) is 4. The van der Waals surface area contributed by atoms with E-state index in [1.807, 2.05) is 0 Å². The molecule has 0 saturated carbocycles. The predicted octanol–water partition coefficient (Wildman–Crippen LogP) is 3.21. The molecule has 0 radical (unpaired) electrons. The van der Waals surface area contributed by atoms with Crippen LogP contribution in [0.1, 0.15) is 22.5 Å². The Kier molecular flexibility index (Phi) is 5.84. The summed E-state index contributed by atoms with van der Waals surface area (Å²) in [5.74, 6) is -4.37. The number of H-pyrrole nitrogens is 1. The Hall–Kier alpha value is -2.95. The Morgan fingerprint density at radius 1 is 1.27 bits per heavy atom. The van der Waals surface area contributed by atoms with Crippen molar-refractivity contribution in [3.8, 4) is 16.9 Å². The van der Waals surface area contributed by atoms with Crippen LogP contribution in [0.4, 0.5) is 22.0 Å². The highest BCUT2D eigenvalue weighted by atomic mass is 19.4. The number of benzene rings is 1. The molecule has 2 heterocycles. The first-order valence-corrected chi connectivity index (χ1v) is 8.79. The molecule has 6 nitrogen and oxygen atoms in total. The molecule has 1 saturated heterocycles. The van der Waals surface area contributed by atoms with E-state index in [9.17, 15) is 31.5 Å². The summed E-state index contributed by atoms with van der Waals surface area (Å²) in [4.78, 5) is 24.7. The summed E-state index contributed by atoms with van der Waals surface area (Å²) in [5.41, 5.74) is 1.47. The van der Waals surface area contributed by atoms with Gasteiger partial charge in [-0.15, -0.1) is 0 Å². The van der Waals surface area contributed by atoms with Gasteiger partial charge in [-0.05, 0) is 23.8 Å². The first-order chi connectivity index (χ1) is 14.0. The molecule has 2 aromatic rings. The van der Waals surface area contributed by atoms with Crippen LogP contribution in [0.25, 0.3) is 11.1 Å². The van der Waals surface area contributed by atoms with Gasteiger partial charge < -0.3 is 20.2 Å². The lowest BCUT2D eigenvalue weighted by Gasteiger charge is -2.28. The zero-order valence-electron chi connectivity index (χ0n) is 15.4. The molecule has 1 aliphatic rings. The molecule has 3 N–H and O–H groups in total. The largest absolute Gasteiger partial charge is 0.493 e. The summed E-state index contributed by atoms with van der Waals surface area (Å²) in [6.45, 7) is -0.560. The number of alkyl halides is 5. The van der Waals surface area contributed by atoms with Gasteiger partial charge in [0, 0.05) is 17.9 Å². The van der Waals surface area contributed by atoms with E-state index in [2.05, 4.69) is 0 Å². The van der Waals surface area contributed by atoms with Gasteiger partial charge in [0.25, 0.3) is 17.4 Å². The van der Waals surface area contributed by atoms with Gasteiger partial charge in [0.1, 0.15) is 23.6 Å². The van der Waals surface area contributed by atoms with E-state index in [1.165, 1.54) is 24.3 Å². The highest BCUT2D eigenvalue weighted by Crippen LogP contribution is 2.36. The highest BCUT2D eigenvalue weighted by Gasteiger charge is 2.38. The van der Waals surface area contributed by atoms with Crippen LogP contribution in [-0.4, -0.2) is 36.6 Å². The number of rotatable bonds is 5. The summed E-state index contributed by atoms with van der Waals surface area (Å²) in [6, 6.07) is 6.06. The van der Waals surface area contributed by atoms with Gasteiger partial charge in [0.2, 0.25) is 0 Å². The van der Waals surface area contributed by atoms with E-state index in [0.29, 0.717) is 0 Å². The Balaban J connectivity index is 1.83. The molecule has 1 amide bonds. The van der Waals surface area contributed by atoms with Gasteiger partial charge in [-0.3, -0.25) is 9.59 Å². The molecule has 3 rings (SSSR count). The maximum absolute atomic E-state index is 13.3. The van der Waals surface area contributed by atoms with Crippen molar-refractivity contribution in [2.24, 2.45) is 11.7 Å². The highest BCUT2D eigenvalue weighted by molar-refractivity contribution is 5.93. The lowest BCUT2D eigenvalue weighted by Crippen LogP contribution is -2.37. The number of amides is 1. The monoisotopic (exact) mass is 432 g/mol. The van der Waals surface area contributed by atoms with E-state index in [4.69, 9.17) is 15.2 Å². The fourth-order valence-corrected chi connectivity index (χ4v) is 3.13. The summed E-state index contributed by atoms with van der Waals surface area (Å²) in [5, 5.41) is 0. The summed E-state index contributed by atoms with van der Waals surface area (Å²) in [7, 11) is 0. The van der Waals surface area contributed by atoms with Crippen LogP contribution in [0.5, 0.6) is 5.75 Å². The lowest BCUT2D eigenvalue weighted by atomic mass is 10.0. The lowest BCUT2D eigenvalue weighted by molar-refractivity contribution is -0.141. The Morgan fingerprint density at radius 2 is 1.93 bits per heavy atom. The van der Waals surface area contributed by atoms with Crippen LogP contribution in [0.2, 0.25) is 0 Å². The molecule has 1 aromatic heterocycles. The van der Waals surface area contributed by atoms with Crippen molar-refractivity contribution < 1.29 is 36.2 Å². The number of nitrogens with one attached hydrogen (secondary N) is 1. The second kappa shape index (κ2) is 8.05. The second-order valence-corrected chi connectivity index (χ2v) is 6.94. The van der Waals surface area contributed by atoms with Crippen LogP contribution in [0.15, 0.2) is 35.1 Å². The molecule has 0 aliphatic carbocycles.